The van der Waals surface area contributed by atoms with Gasteiger partial charge < -0.3 is 9.88 Å². The molecule has 0 spiro atoms. The van der Waals surface area contributed by atoms with Gasteiger partial charge >= 0.3 is 0 Å². The van der Waals surface area contributed by atoms with Crippen LogP contribution >= 0.6 is 22.7 Å². The normalized spacial score (nSPS) is 14.6. The Morgan fingerprint density at radius 2 is 1.18 bits per heavy atom. The van der Waals surface area contributed by atoms with E-state index < -0.39 is 0 Å². The summed E-state index contributed by atoms with van der Waals surface area (Å²) < 4.78 is 6.26. The Kier molecular flexibility index (Phi) is 5.76. The van der Waals surface area contributed by atoms with Gasteiger partial charge in [-0.3, -0.25) is 0 Å². The Bertz CT molecular complexity index is 2980. The number of benzene rings is 7. The van der Waals surface area contributed by atoms with Crippen molar-refractivity contribution in [3.8, 4) is 11.1 Å². The van der Waals surface area contributed by atoms with E-state index in [9.17, 15) is 0 Å². The summed E-state index contributed by atoms with van der Waals surface area (Å²) in [5.41, 5.74) is 8.10. The molecule has 49 heavy (non-hydrogen) atoms. The number of anilines is 1. The van der Waals surface area contributed by atoms with E-state index in [-0.39, 0.29) is 6.29 Å². The molecular formula is C44H27N3S2. The minimum Gasteiger partial charge on any atom is -0.345 e. The highest BCUT2D eigenvalue weighted by Gasteiger charge is 2.29. The largest absolute Gasteiger partial charge is 0.345 e. The van der Waals surface area contributed by atoms with E-state index in [4.69, 9.17) is 4.99 Å². The molecule has 0 saturated heterocycles. The van der Waals surface area contributed by atoms with Gasteiger partial charge in [0.15, 0.2) is 0 Å². The number of fused-ring (bicyclic) bond motifs is 10. The standard InChI is InChI=1S/C44H27N3S2/c1-2-10-26(11-3-1)29-19-21-39-35(23-29)42-43(49-39)41(30-18-20-33-32-15-7-9-17-38(32)48-40(33)25-30)45-44(46-42)47-36-16-8-6-14-31(36)34-22-27-12-4-5-13-28(27)24-37(34)47/h1-25,44,46H. The Morgan fingerprint density at radius 1 is 0.469 bits per heavy atom. The third-order valence-corrected chi connectivity index (χ3v) is 12.3. The lowest BCUT2D eigenvalue weighted by atomic mass is 10.0. The summed E-state index contributed by atoms with van der Waals surface area (Å²) in [7, 11) is 0. The summed E-state index contributed by atoms with van der Waals surface area (Å²) in [5, 5.41) is 12.8. The molecule has 1 aliphatic rings. The van der Waals surface area contributed by atoms with E-state index >= 15 is 0 Å². The van der Waals surface area contributed by atoms with Crippen LogP contribution in [0.1, 0.15) is 16.7 Å². The first-order valence-corrected chi connectivity index (χ1v) is 18.2. The number of para-hydroxylation sites is 1. The van der Waals surface area contributed by atoms with Gasteiger partial charge in [0.05, 0.1) is 27.3 Å². The maximum Gasteiger partial charge on any atom is 0.201 e. The quantitative estimate of drug-likeness (QED) is 0.201. The van der Waals surface area contributed by atoms with Gasteiger partial charge in [-0.15, -0.1) is 22.7 Å². The van der Waals surface area contributed by atoms with Gasteiger partial charge in [-0.05, 0) is 64.4 Å². The summed E-state index contributed by atoms with van der Waals surface area (Å²) in [6.45, 7) is 0. The fourth-order valence-corrected chi connectivity index (χ4v) is 10.0. The summed E-state index contributed by atoms with van der Waals surface area (Å²) in [4.78, 5) is 6.82. The Morgan fingerprint density at radius 3 is 2.08 bits per heavy atom. The predicted molar refractivity (Wildman–Crippen MR) is 212 cm³/mol. The molecular weight excluding hydrogens is 635 g/mol. The molecule has 0 saturated carbocycles. The lowest BCUT2D eigenvalue weighted by Crippen LogP contribution is -2.23. The Labute approximate surface area is 290 Å². The van der Waals surface area contributed by atoms with Crippen molar-refractivity contribution in [2.45, 2.75) is 6.29 Å². The molecule has 1 N–H and O–H groups in total. The van der Waals surface area contributed by atoms with Crippen LogP contribution in [0.25, 0.3) is 74.0 Å². The summed E-state index contributed by atoms with van der Waals surface area (Å²) in [5.74, 6) is 0. The van der Waals surface area contributed by atoms with E-state index in [1.54, 1.807) is 0 Å². The number of thiophene rings is 2. The summed E-state index contributed by atoms with van der Waals surface area (Å²) >= 11 is 3.68. The van der Waals surface area contributed by atoms with Crippen LogP contribution in [-0.4, -0.2) is 10.3 Å². The second kappa shape index (κ2) is 10.4. The van der Waals surface area contributed by atoms with Crippen molar-refractivity contribution in [1.82, 2.24) is 4.57 Å². The average Bonchev–Trinajstić information content (AvgIpc) is 3.82. The Balaban J connectivity index is 1.18. The van der Waals surface area contributed by atoms with E-state index in [0.717, 1.165) is 17.0 Å². The Hall–Kier alpha value is -5.75. The van der Waals surface area contributed by atoms with Crippen LogP contribution in [0.2, 0.25) is 0 Å². The molecule has 3 nitrogen and oxygen atoms in total. The number of rotatable bonds is 3. The average molecular weight is 662 g/mol. The molecule has 7 aromatic carbocycles. The number of hydrogen-bond acceptors (Lipinski definition) is 4. The van der Waals surface area contributed by atoms with Gasteiger partial charge in [0, 0.05) is 46.6 Å². The van der Waals surface area contributed by atoms with Crippen LogP contribution < -0.4 is 5.32 Å². The highest BCUT2D eigenvalue weighted by atomic mass is 32.1. The number of nitrogens with zero attached hydrogens (tertiary/aromatic N) is 2. The lowest BCUT2D eigenvalue weighted by Gasteiger charge is -2.26. The monoisotopic (exact) mass is 661 g/mol. The minimum atomic E-state index is -0.345. The molecule has 0 aliphatic carbocycles. The van der Waals surface area contributed by atoms with Crippen LogP contribution in [-0.2, 0) is 0 Å². The zero-order chi connectivity index (χ0) is 32.1. The first-order chi connectivity index (χ1) is 24.3. The van der Waals surface area contributed by atoms with Gasteiger partial charge in [0.25, 0.3) is 0 Å². The SMILES string of the molecule is c1ccc(-c2ccc3sc4c(c3c2)NC(n2c3ccccc3c3cc5ccccc5cc32)N=C4c2ccc3c(c2)sc2ccccc23)cc1. The van der Waals surface area contributed by atoms with Gasteiger partial charge in [0.2, 0.25) is 6.29 Å². The molecule has 0 radical (unpaired) electrons. The maximum atomic E-state index is 5.64. The van der Waals surface area contributed by atoms with E-state index in [0.29, 0.717) is 0 Å². The van der Waals surface area contributed by atoms with Crippen molar-refractivity contribution in [1.29, 1.82) is 0 Å². The van der Waals surface area contributed by atoms with Crippen molar-refractivity contribution in [3.05, 3.63) is 162 Å². The predicted octanol–water partition coefficient (Wildman–Crippen LogP) is 12.6. The molecule has 1 atom stereocenters. The zero-order valence-electron chi connectivity index (χ0n) is 26.2. The van der Waals surface area contributed by atoms with Crippen molar-refractivity contribution < 1.29 is 0 Å². The molecule has 0 amide bonds. The molecule has 10 aromatic rings. The van der Waals surface area contributed by atoms with Gasteiger partial charge in [-0.2, -0.15) is 0 Å². The molecule has 4 heterocycles. The second-order valence-corrected chi connectivity index (χ2v) is 14.9. The zero-order valence-corrected chi connectivity index (χ0v) is 27.9. The number of nitrogens with one attached hydrogen (secondary N) is 1. The van der Waals surface area contributed by atoms with E-state index in [1.807, 2.05) is 22.7 Å². The van der Waals surface area contributed by atoms with Crippen LogP contribution in [0, 0.1) is 0 Å². The van der Waals surface area contributed by atoms with Gasteiger partial charge in [-0.25, -0.2) is 4.99 Å². The van der Waals surface area contributed by atoms with Crippen LogP contribution in [0.15, 0.2) is 157 Å². The number of aliphatic imine (C=N–C) groups is 1. The van der Waals surface area contributed by atoms with E-state index in [1.165, 1.54) is 78.8 Å². The first-order valence-electron chi connectivity index (χ1n) is 16.6. The molecule has 1 unspecified atom stereocenters. The molecule has 230 valence electrons. The van der Waals surface area contributed by atoms with Crippen LogP contribution in [0.3, 0.4) is 0 Å². The fraction of sp³-hybridized carbons (Fsp3) is 0.0227. The third kappa shape index (κ3) is 4.10. The second-order valence-electron chi connectivity index (χ2n) is 12.8. The lowest BCUT2D eigenvalue weighted by molar-refractivity contribution is 0.626. The van der Waals surface area contributed by atoms with Crippen molar-refractivity contribution >= 4 is 96.9 Å². The molecule has 1 aliphatic heterocycles. The number of hydrogen-bond donors (Lipinski definition) is 1. The van der Waals surface area contributed by atoms with Crippen molar-refractivity contribution in [3.63, 3.8) is 0 Å². The molecule has 0 bridgehead atoms. The van der Waals surface area contributed by atoms with Crippen LogP contribution in [0.4, 0.5) is 5.69 Å². The highest BCUT2D eigenvalue weighted by Crippen LogP contribution is 2.46. The number of aromatic nitrogens is 1. The molecule has 11 rings (SSSR count). The molecule has 5 heteroatoms. The van der Waals surface area contributed by atoms with E-state index in [2.05, 4.69) is 162 Å². The first kappa shape index (κ1) is 27.2. The summed E-state index contributed by atoms with van der Waals surface area (Å²) in [6.07, 6.45) is -0.345. The maximum absolute atomic E-state index is 5.64. The van der Waals surface area contributed by atoms with Crippen molar-refractivity contribution in [2.75, 3.05) is 5.32 Å². The molecule has 0 fully saturated rings. The topological polar surface area (TPSA) is 29.3 Å². The van der Waals surface area contributed by atoms with Crippen LogP contribution in [0.5, 0.6) is 0 Å². The smallest absolute Gasteiger partial charge is 0.201 e. The van der Waals surface area contributed by atoms with Gasteiger partial charge in [0.1, 0.15) is 0 Å². The highest BCUT2D eigenvalue weighted by molar-refractivity contribution is 7.26. The summed E-state index contributed by atoms with van der Waals surface area (Å²) in [6, 6.07) is 55.2. The molecule has 3 aromatic heterocycles. The van der Waals surface area contributed by atoms with Crippen molar-refractivity contribution in [2.24, 2.45) is 4.99 Å². The minimum absolute atomic E-state index is 0.345. The third-order valence-electron chi connectivity index (χ3n) is 10.0. The fourth-order valence-electron chi connectivity index (χ4n) is 7.71. The van der Waals surface area contributed by atoms with Gasteiger partial charge in [-0.1, -0.05) is 109 Å².